The first kappa shape index (κ1) is 14.4. The third-order valence-electron chi connectivity index (χ3n) is 3.35. The van der Waals surface area contributed by atoms with Gasteiger partial charge in [0.1, 0.15) is 0 Å². The van der Waals surface area contributed by atoms with E-state index in [0.717, 1.165) is 37.0 Å². The van der Waals surface area contributed by atoms with Crippen LogP contribution in [0.15, 0.2) is 35.3 Å². The Morgan fingerprint density at radius 3 is 2.89 bits per heavy atom. The molecule has 1 atom stereocenters. The predicted octanol–water partition coefficient (Wildman–Crippen LogP) is 2.24. The van der Waals surface area contributed by atoms with Gasteiger partial charge in [-0.15, -0.1) is 0 Å². The lowest BCUT2D eigenvalue weighted by atomic mass is 10.1. The summed E-state index contributed by atoms with van der Waals surface area (Å²) in [6, 6.07) is 11.2. The van der Waals surface area contributed by atoms with Crippen molar-refractivity contribution >= 4 is 16.9 Å². The number of hydrogen-bond acceptors (Lipinski definition) is 3. The summed E-state index contributed by atoms with van der Waals surface area (Å²) in [6.45, 7) is 5.18. The van der Waals surface area contributed by atoms with E-state index >= 15 is 0 Å². The maximum atomic E-state index is 4.63. The Bertz CT molecular complexity index is 405. The molecule has 0 amide bonds. The fourth-order valence-corrected chi connectivity index (χ4v) is 3.01. The lowest BCUT2D eigenvalue weighted by Crippen LogP contribution is -2.29. The van der Waals surface area contributed by atoms with Gasteiger partial charge in [-0.3, -0.25) is 4.99 Å². The lowest BCUT2D eigenvalue weighted by Gasteiger charge is -2.12. The van der Waals surface area contributed by atoms with E-state index in [1.165, 1.54) is 5.56 Å². The van der Waals surface area contributed by atoms with Crippen molar-refractivity contribution in [1.82, 2.24) is 10.2 Å². The Morgan fingerprint density at radius 2 is 2.16 bits per heavy atom. The third kappa shape index (κ3) is 4.88. The van der Waals surface area contributed by atoms with Crippen LogP contribution < -0.4 is 5.32 Å². The van der Waals surface area contributed by atoms with Crippen LogP contribution >= 0.6 is 11.8 Å². The molecule has 1 heterocycles. The van der Waals surface area contributed by atoms with Crippen LogP contribution in [0.1, 0.15) is 12.5 Å². The Morgan fingerprint density at radius 1 is 1.37 bits per heavy atom. The summed E-state index contributed by atoms with van der Waals surface area (Å²) in [7, 11) is 2.13. The van der Waals surface area contributed by atoms with Crippen molar-refractivity contribution in [3.63, 3.8) is 0 Å². The number of rotatable bonds is 6. The average Bonchev–Trinajstić information content (AvgIpc) is 2.87. The quantitative estimate of drug-likeness (QED) is 0.864. The maximum absolute atomic E-state index is 4.63. The first-order valence-corrected chi connectivity index (χ1v) is 7.92. The van der Waals surface area contributed by atoms with Crippen molar-refractivity contribution in [1.29, 1.82) is 0 Å². The molecule has 19 heavy (non-hydrogen) atoms. The highest BCUT2D eigenvalue weighted by Gasteiger charge is 2.19. The molecule has 1 aliphatic rings. The highest BCUT2D eigenvalue weighted by atomic mass is 32.2. The van der Waals surface area contributed by atoms with E-state index in [2.05, 4.69) is 59.5 Å². The van der Waals surface area contributed by atoms with Gasteiger partial charge < -0.3 is 10.2 Å². The molecule has 1 saturated heterocycles. The highest BCUT2D eigenvalue weighted by Crippen LogP contribution is 2.17. The van der Waals surface area contributed by atoms with Gasteiger partial charge in [0.25, 0.3) is 0 Å². The van der Waals surface area contributed by atoms with E-state index in [0.29, 0.717) is 6.04 Å². The fraction of sp³-hybridized carbons (Fsp3) is 0.533. The van der Waals surface area contributed by atoms with Crippen LogP contribution in [0.25, 0.3) is 0 Å². The molecule has 0 radical (unpaired) electrons. The maximum Gasteiger partial charge on any atom is 0.156 e. The topological polar surface area (TPSA) is 27.6 Å². The van der Waals surface area contributed by atoms with Gasteiger partial charge in [-0.1, -0.05) is 49.0 Å². The number of nitrogens with one attached hydrogen (secondary N) is 1. The average molecular weight is 277 g/mol. The van der Waals surface area contributed by atoms with Gasteiger partial charge in [0.2, 0.25) is 0 Å². The molecule has 1 aromatic carbocycles. The lowest BCUT2D eigenvalue weighted by molar-refractivity contribution is 0.363. The van der Waals surface area contributed by atoms with Crippen LogP contribution in [0, 0.1) is 0 Å². The number of amidine groups is 1. The minimum absolute atomic E-state index is 0.523. The summed E-state index contributed by atoms with van der Waals surface area (Å²) in [6.07, 6.45) is 1.09. The molecule has 2 rings (SSSR count). The van der Waals surface area contributed by atoms with Crippen molar-refractivity contribution in [2.75, 3.05) is 32.4 Å². The zero-order valence-electron chi connectivity index (χ0n) is 11.8. The van der Waals surface area contributed by atoms with Gasteiger partial charge in [-0.2, -0.15) is 0 Å². The van der Waals surface area contributed by atoms with E-state index in [-0.39, 0.29) is 0 Å². The van der Waals surface area contributed by atoms with Gasteiger partial charge in [0, 0.05) is 18.3 Å². The van der Waals surface area contributed by atoms with Gasteiger partial charge in [0.05, 0.1) is 6.54 Å². The number of likely N-dealkylation sites (N-methyl/N-ethyl adjacent to an activating group) is 1. The van der Waals surface area contributed by atoms with Crippen LogP contribution in [-0.2, 0) is 6.42 Å². The summed E-state index contributed by atoms with van der Waals surface area (Å²) in [5.74, 6) is 1.12. The first-order valence-electron chi connectivity index (χ1n) is 6.94. The Kier molecular flexibility index (Phi) is 5.73. The second-order valence-electron chi connectivity index (χ2n) is 4.92. The van der Waals surface area contributed by atoms with E-state index in [4.69, 9.17) is 0 Å². The largest absolute Gasteiger partial charge is 0.361 e. The van der Waals surface area contributed by atoms with Crippen LogP contribution in [-0.4, -0.2) is 48.5 Å². The fourth-order valence-electron chi connectivity index (χ4n) is 2.02. The molecular weight excluding hydrogens is 254 g/mol. The van der Waals surface area contributed by atoms with Crippen molar-refractivity contribution in [2.45, 2.75) is 19.4 Å². The van der Waals surface area contributed by atoms with Gasteiger partial charge in [-0.05, 0) is 25.6 Å². The Balaban J connectivity index is 1.75. The van der Waals surface area contributed by atoms with Crippen molar-refractivity contribution in [2.24, 2.45) is 4.99 Å². The zero-order valence-corrected chi connectivity index (χ0v) is 12.6. The number of thioether (sulfide) groups is 1. The molecule has 1 N–H and O–H groups in total. The molecule has 0 bridgehead atoms. The van der Waals surface area contributed by atoms with Gasteiger partial charge >= 0.3 is 0 Å². The second kappa shape index (κ2) is 7.56. The highest BCUT2D eigenvalue weighted by molar-refractivity contribution is 8.14. The van der Waals surface area contributed by atoms with Crippen molar-refractivity contribution in [3.05, 3.63) is 35.9 Å². The molecule has 104 valence electrons. The first-order chi connectivity index (χ1) is 9.28. The molecule has 1 fully saturated rings. The molecule has 1 aliphatic heterocycles. The smallest absolute Gasteiger partial charge is 0.156 e. The Hall–Kier alpha value is -1.00. The number of benzene rings is 1. The molecule has 1 unspecified atom stereocenters. The molecule has 0 saturated carbocycles. The normalized spacial score (nSPS) is 21.0. The minimum atomic E-state index is 0.523. The predicted molar refractivity (Wildman–Crippen MR) is 85.0 cm³/mol. The van der Waals surface area contributed by atoms with Crippen LogP contribution in [0.3, 0.4) is 0 Å². The van der Waals surface area contributed by atoms with E-state index in [1.807, 2.05) is 11.8 Å². The summed E-state index contributed by atoms with van der Waals surface area (Å²) >= 11 is 1.85. The molecule has 3 nitrogen and oxygen atoms in total. The molecule has 1 aromatic rings. The molecule has 0 aliphatic carbocycles. The summed E-state index contributed by atoms with van der Waals surface area (Å²) in [4.78, 5) is 6.91. The van der Waals surface area contributed by atoms with Crippen LogP contribution in [0.2, 0.25) is 0 Å². The van der Waals surface area contributed by atoms with Gasteiger partial charge in [-0.25, -0.2) is 0 Å². The van der Waals surface area contributed by atoms with E-state index in [1.54, 1.807) is 0 Å². The molecule has 0 spiro atoms. The van der Waals surface area contributed by atoms with Gasteiger partial charge in [0.15, 0.2) is 5.17 Å². The summed E-state index contributed by atoms with van der Waals surface area (Å²) in [5.41, 5.74) is 1.40. The Labute approximate surface area is 120 Å². The minimum Gasteiger partial charge on any atom is -0.361 e. The van der Waals surface area contributed by atoms with Crippen molar-refractivity contribution in [3.8, 4) is 0 Å². The zero-order chi connectivity index (χ0) is 13.5. The third-order valence-corrected chi connectivity index (χ3v) is 4.44. The van der Waals surface area contributed by atoms with Crippen LogP contribution in [0.4, 0.5) is 0 Å². The molecule has 0 aromatic heterocycles. The molecule has 4 heteroatoms. The van der Waals surface area contributed by atoms with E-state index in [9.17, 15) is 0 Å². The molecular formula is C15H23N3S. The summed E-state index contributed by atoms with van der Waals surface area (Å²) < 4.78 is 0. The number of aliphatic imine (C=N–C) groups is 1. The SMILES string of the molecule is CCN(C)CCN=C1NC(Cc2ccccc2)CS1. The summed E-state index contributed by atoms with van der Waals surface area (Å²) in [5, 5.41) is 4.64. The van der Waals surface area contributed by atoms with E-state index < -0.39 is 0 Å². The number of hydrogen-bond donors (Lipinski definition) is 1. The standard InChI is InChI=1S/C15H23N3S/c1-3-18(2)10-9-16-15-17-14(12-19-15)11-13-7-5-4-6-8-13/h4-8,14H,3,9-12H2,1-2H3,(H,16,17). The van der Waals surface area contributed by atoms with Crippen molar-refractivity contribution < 1.29 is 0 Å². The monoisotopic (exact) mass is 277 g/mol. The van der Waals surface area contributed by atoms with Crippen LogP contribution in [0.5, 0.6) is 0 Å². The number of nitrogens with zero attached hydrogens (tertiary/aromatic N) is 2. The second-order valence-corrected chi connectivity index (χ2v) is 5.93.